The number of aliphatic hydroxyl groups is 1. The lowest BCUT2D eigenvalue weighted by molar-refractivity contribution is -0.857. The second-order valence-corrected chi connectivity index (χ2v) is 7.93. The van der Waals surface area contributed by atoms with Crippen LogP contribution in [-0.2, 0) is 9.59 Å². The van der Waals surface area contributed by atoms with Crippen LogP contribution in [-0.4, -0.2) is 60.0 Å². The first-order valence-corrected chi connectivity index (χ1v) is 10.0. The number of carbonyl (C=O) groups excluding carboxylic acids is 2. The smallest absolute Gasteiger partial charge is 0.295 e. The maximum atomic E-state index is 12.9. The summed E-state index contributed by atoms with van der Waals surface area (Å²) in [5.74, 6) is -0.818. The Morgan fingerprint density at radius 3 is 2.47 bits per heavy atom. The minimum absolute atomic E-state index is 0.0270. The van der Waals surface area contributed by atoms with Crippen LogP contribution in [0.4, 0.5) is 0 Å². The van der Waals surface area contributed by atoms with Gasteiger partial charge in [0, 0.05) is 18.0 Å². The van der Waals surface area contributed by atoms with Crippen LogP contribution < -0.4 is 9.64 Å². The van der Waals surface area contributed by atoms with Crippen LogP contribution in [0.25, 0.3) is 5.76 Å². The number of aromatic nitrogens is 1. The predicted octanol–water partition coefficient (Wildman–Crippen LogP) is 1.44. The highest BCUT2D eigenvalue weighted by Crippen LogP contribution is 2.38. The van der Waals surface area contributed by atoms with Crippen molar-refractivity contribution in [2.45, 2.75) is 26.0 Å². The fourth-order valence-corrected chi connectivity index (χ4v) is 3.46. The summed E-state index contributed by atoms with van der Waals surface area (Å²) in [5, 5.41) is 11.0. The van der Waals surface area contributed by atoms with E-state index in [0.29, 0.717) is 30.0 Å². The second-order valence-electron chi connectivity index (χ2n) is 7.93. The predicted molar refractivity (Wildman–Crippen MR) is 113 cm³/mol. The van der Waals surface area contributed by atoms with Crippen LogP contribution in [0.15, 0.2) is 54.4 Å². The molecule has 0 aliphatic carbocycles. The molecule has 1 aliphatic rings. The molecule has 0 spiro atoms. The molecule has 7 heteroatoms. The van der Waals surface area contributed by atoms with E-state index < -0.39 is 17.7 Å². The van der Waals surface area contributed by atoms with Gasteiger partial charge < -0.3 is 19.6 Å². The molecule has 7 nitrogen and oxygen atoms in total. The molecule has 2 N–H and O–H groups in total. The van der Waals surface area contributed by atoms with Gasteiger partial charge in [-0.3, -0.25) is 14.6 Å². The van der Waals surface area contributed by atoms with E-state index >= 15 is 0 Å². The summed E-state index contributed by atoms with van der Waals surface area (Å²) in [6, 6.07) is 9.73. The topological polar surface area (TPSA) is 84.2 Å². The highest BCUT2D eigenvalue weighted by atomic mass is 16.5. The number of pyridine rings is 1. The third kappa shape index (κ3) is 4.52. The maximum absolute atomic E-state index is 12.9. The van der Waals surface area contributed by atoms with Crippen LogP contribution in [0.5, 0.6) is 5.75 Å². The van der Waals surface area contributed by atoms with Gasteiger partial charge in [0.15, 0.2) is 0 Å². The SMILES string of the molecule is CC(C)Oc1ccc(C(O)=C2C(=O)C(=O)N(CC[NH+](C)C)[C@@H]2c2cccnc2)cc1. The van der Waals surface area contributed by atoms with Gasteiger partial charge in [-0.05, 0) is 49.7 Å². The molecule has 0 saturated carbocycles. The van der Waals surface area contributed by atoms with Crippen molar-refractivity contribution < 1.29 is 24.3 Å². The zero-order valence-electron chi connectivity index (χ0n) is 17.8. The van der Waals surface area contributed by atoms with Gasteiger partial charge in [0.1, 0.15) is 11.5 Å². The van der Waals surface area contributed by atoms with Crippen LogP contribution in [0.2, 0.25) is 0 Å². The molecule has 0 radical (unpaired) electrons. The highest BCUT2D eigenvalue weighted by molar-refractivity contribution is 6.46. The van der Waals surface area contributed by atoms with Crippen molar-refractivity contribution in [2.75, 3.05) is 27.2 Å². The Bertz CT molecular complexity index is 937. The van der Waals surface area contributed by atoms with Crippen LogP contribution >= 0.6 is 0 Å². The van der Waals surface area contributed by atoms with Crippen molar-refractivity contribution in [3.8, 4) is 5.75 Å². The molecular weight excluding hydrogens is 382 g/mol. The standard InChI is InChI=1S/C23H27N3O4/c1-15(2)30-18-9-7-16(8-10-18)21(27)19-20(17-6-5-11-24-14-17)26(13-12-25(3)4)23(29)22(19)28/h5-11,14-15,20,27H,12-13H2,1-4H3/p+1/t20-/m1/s1. The Morgan fingerprint density at radius 2 is 1.90 bits per heavy atom. The first-order valence-electron chi connectivity index (χ1n) is 10.0. The van der Waals surface area contributed by atoms with Crippen LogP contribution in [0.1, 0.15) is 31.0 Å². The quantitative estimate of drug-likeness (QED) is 0.410. The number of benzene rings is 1. The zero-order chi connectivity index (χ0) is 21.8. The zero-order valence-corrected chi connectivity index (χ0v) is 17.8. The summed E-state index contributed by atoms with van der Waals surface area (Å²) in [5.41, 5.74) is 1.22. The third-order valence-electron chi connectivity index (χ3n) is 4.89. The first kappa shape index (κ1) is 21.5. The van der Waals surface area contributed by atoms with E-state index in [1.807, 2.05) is 34.0 Å². The van der Waals surface area contributed by atoms with Gasteiger partial charge in [0.05, 0.1) is 44.9 Å². The number of likely N-dealkylation sites (N-methyl/N-ethyl adjacent to an activating group) is 1. The molecule has 30 heavy (non-hydrogen) atoms. The lowest BCUT2D eigenvalue weighted by Crippen LogP contribution is -3.06. The minimum Gasteiger partial charge on any atom is -0.507 e. The first-order chi connectivity index (χ1) is 14.3. The third-order valence-corrected chi connectivity index (χ3v) is 4.89. The van der Waals surface area contributed by atoms with E-state index in [9.17, 15) is 14.7 Å². The lowest BCUT2D eigenvalue weighted by atomic mass is 9.96. The van der Waals surface area contributed by atoms with E-state index in [0.717, 1.165) is 4.90 Å². The van der Waals surface area contributed by atoms with E-state index in [1.165, 1.54) is 4.90 Å². The van der Waals surface area contributed by atoms with Gasteiger partial charge in [-0.25, -0.2) is 0 Å². The summed E-state index contributed by atoms with van der Waals surface area (Å²) >= 11 is 0. The molecule has 2 heterocycles. The number of ether oxygens (including phenoxy) is 1. The van der Waals surface area contributed by atoms with Crippen molar-refractivity contribution >= 4 is 17.4 Å². The van der Waals surface area contributed by atoms with Crippen LogP contribution in [0.3, 0.4) is 0 Å². The number of aliphatic hydroxyl groups excluding tert-OH is 1. The van der Waals surface area contributed by atoms with E-state index in [-0.39, 0.29) is 17.4 Å². The number of carbonyl (C=O) groups is 2. The summed E-state index contributed by atoms with van der Waals surface area (Å²) in [7, 11) is 3.97. The van der Waals surface area contributed by atoms with Gasteiger partial charge >= 0.3 is 0 Å². The molecule has 1 aliphatic heterocycles. The maximum Gasteiger partial charge on any atom is 0.295 e. The number of ketones is 1. The van der Waals surface area contributed by atoms with Gasteiger partial charge in [-0.1, -0.05) is 6.07 Å². The monoisotopic (exact) mass is 410 g/mol. The second kappa shape index (κ2) is 9.09. The summed E-state index contributed by atoms with van der Waals surface area (Å²) in [4.78, 5) is 32.5. The van der Waals surface area contributed by atoms with Crippen molar-refractivity contribution in [3.05, 3.63) is 65.5 Å². The van der Waals surface area contributed by atoms with Gasteiger partial charge in [0.25, 0.3) is 11.7 Å². The molecule has 1 aromatic heterocycles. The average molecular weight is 410 g/mol. The van der Waals surface area contributed by atoms with Crippen molar-refractivity contribution in [1.82, 2.24) is 9.88 Å². The fourth-order valence-electron chi connectivity index (χ4n) is 3.46. The van der Waals surface area contributed by atoms with Crippen molar-refractivity contribution in [1.29, 1.82) is 0 Å². The lowest BCUT2D eigenvalue weighted by Gasteiger charge is -2.25. The average Bonchev–Trinajstić information content (AvgIpc) is 2.97. The molecule has 158 valence electrons. The molecular formula is C23H28N3O4+. The summed E-state index contributed by atoms with van der Waals surface area (Å²) in [6.07, 6.45) is 3.28. The number of quaternary nitrogens is 1. The van der Waals surface area contributed by atoms with Crippen molar-refractivity contribution in [2.24, 2.45) is 0 Å². The van der Waals surface area contributed by atoms with E-state index in [1.54, 1.807) is 42.7 Å². The number of amides is 1. The molecule has 2 aromatic rings. The number of nitrogens with zero attached hydrogens (tertiary/aromatic N) is 2. The molecule has 1 atom stereocenters. The fraction of sp³-hybridized carbons (Fsp3) is 0.348. The Labute approximate surface area is 176 Å². The van der Waals surface area contributed by atoms with E-state index in [4.69, 9.17) is 4.74 Å². The Morgan fingerprint density at radius 1 is 1.20 bits per heavy atom. The highest BCUT2D eigenvalue weighted by Gasteiger charge is 2.46. The normalized spacial score (nSPS) is 18.5. The number of nitrogens with one attached hydrogen (secondary N) is 1. The number of Topliss-reactive ketones (excluding diaryl/α,β-unsaturated/α-hetero) is 1. The molecule has 1 aromatic carbocycles. The number of rotatable bonds is 7. The van der Waals surface area contributed by atoms with E-state index in [2.05, 4.69) is 4.98 Å². The molecule has 3 rings (SSSR count). The molecule has 1 amide bonds. The van der Waals surface area contributed by atoms with Crippen LogP contribution in [0, 0.1) is 0 Å². The Balaban J connectivity index is 2.05. The molecule has 0 bridgehead atoms. The minimum atomic E-state index is -0.683. The molecule has 0 unspecified atom stereocenters. The van der Waals surface area contributed by atoms with Crippen molar-refractivity contribution in [3.63, 3.8) is 0 Å². The van der Waals surface area contributed by atoms with Gasteiger partial charge in [-0.15, -0.1) is 0 Å². The Hall–Kier alpha value is -3.19. The van der Waals surface area contributed by atoms with Gasteiger partial charge in [0.2, 0.25) is 0 Å². The number of hydrogen-bond acceptors (Lipinski definition) is 5. The number of likely N-dealkylation sites (tertiary alicyclic amines) is 1. The Kier molecular flexibility index (Phi) is 6.52. The van der Waals surface area contributed by atoms with Gasteiger partial charge in [-0.2, -0.15) is 0 Å². The molecule has 1 saturated heterocycles. The number of hydrogen-bond donors (Lipinski definition) is 2. The summed E-state index contributed by atoms with van der Waals surface area (Å²) < 4.78 is 5.64. The molecule has 1 fully saturated rings. The largest absolute Gasteiger partial charge is 0.507 e. The summed E-state index contributed by atoms with van der Waals surface area (Å²) in [6.45, 7) is 4.92.